The topological polar surface area (TPSA) is 48.7 Å². The number of carbonyl (C=O) groups excluding carboxylic acids is 1. The van der Waals surface area contributed by atoms with Gasteiger partial charge in [-0.3, -0.25) is 9.69 Å². The van der Waals surface area contributed by atoms with Gasteiger partial charge in [0.25, 0.3) is 0 Å². The summed E-state index contributed by atoms with van der Waals surface area (Å²) in [6.07, 6.45) is 0.568. The molecule has 1 N–H and O–H groups in total. The molecule has 2 aromatic rings. The monoisotopic (exact) mass is 329 g/mol. The fourth-order valence-corrected chi connectivity index (χ4v) is 3.33. The number of hydrogen-bond donors (Lipinski definition) is 1. The van der Waals surface area contributed by atoms with Gasteiger partial charge >= 0.3 is 0 Å². The van der Waals surface area contributed by atoms with Crippen LogP contribution in [-0.4, -0.2) is 55.0 Å². The highest BCUT2D eigenvalue weighted by atomic mass is 16.3. The summed E-state index contributed by atoms with van der Waals surface area (Å²) < 4.78 is 5.99. The van der Waals surface area contributed by atoms with E-state index in [9.17, 15) is 4.79 Å². The Morgan fingerprint density at radius 2 is 2.08 bits per heavy atom. The third-order valence-corrected chi connectivity index (χ3v) is 4.89. The molecule has 5 nitrogen and oxygen atoms in total. The summed E-state index contributed by atoms with van der Waals surface area (Å²) in [6, 6.07) is 10.4. The molecule has 2 heterocycles. The smallest absolute Gasteiger partial charge is 0.223 e. The molecule has 24 heavy (non-hydrogen) atoms. The molecular formula is C19H27N3O2. The van der Waals surface area contributed by atoms with E-state index in [1.54, 1.807) is 0 Å². The Balaban J connectivity index is 1.61. The molecule has 0 bridgehead atoms. The van der Waals surface area contributed by atoms with Gasteiger partial charge in [0.1, 0.15) is 11.3 Å². The molecule has 0 radical (unpaired) electrons. The molecule has 0 saturated carbocycles. The van der Waals surface area contributed by atoms with E-state index < -0.39 is 0 Å². The predicted molar refractivity (Wildman–Crippen MR) is 95.9 cm³/mol. The first-order valence-corrected chi connectivity index (χ1v) is 8.90. The molecule has 3 rings (SSSR count). The lowest BCUT2D eigenvalue weighted by Crippen LogP contribution is -2.47. The number of benzene rings is 1. The summed E-state index contributed by atoms with van der Waals surface area (Å²) in [6.45, 7) is 9.39. The lowest BCUT2D eigenvalue weighted by Gasteiger charge is -2.30. The molecule has 1 atom stereocenters. The third kappa shape index (κ3) is 3.79. The number of piperazine rings is 1. The Bertz CT molecular complexity index is 643. The number of fused-ring (bicyclic) bond motifs is 1. The van der Waals surface area contributed by atoms with Crippen LogP contribution >= 0.6 is 0 Å². The minimum atomic E-state index is 0.165. The fourth-order valence-electron chi connectivity index (χ4n) is 3.33. The molecule has 1 aromatic carbocycles. The molecule has 1 aliphatic heterocycles. The highest BCUT2D eigenvalue weighted by Gasteiger charge is 2.21. The van der Waals surface area contributed by atoms with Crippen LogP contribution in [0.3, 0.4) is 0 Å². The molecule has 5 heteroatoms. The molecule has 1 aliphatic rings. The zero-order valence-electron chi connectivity index (χ0n) is 14.6. The van der Waals surface area contributed by atoms with Gasteiger partial charge in [-0.25, -0.2) is 0 Å². The van der Waals surface area contributed by atoms with Crippen molar-refractivity contribution in [2.24, 2.45) is 0 Å². The van der Waals surface area contributed by atoms with Crippen molar-refractivity contribution in [2.45, 2.75) is 26.3 Å². The molecule has 1 saturated heterocycles. The fraction of sp³-hybridized carbons (Fsp3) is 0.526. The Morgan fingerprint density at radius 1 is 1.33 bits per heavy atom. The first-order chi connectivity index (χ1) is 11.7. The number of furan rings is 1. The van der Waals surface area contributed by atoms with Crippen LogP contribution in [0.5, 0.6) is 0 Å². The Kier molecular flexibility index (Phi) is 5.53. The van der Waals surface area contributed by atoms with Crippen LogP contribution in [0, 0.1) is 0 Å². The quantitative estimate of drug-likeness (QED) is 0.885. The van der Waals surface area contributed by atoms with E-state index in [1.165, 1.54) is 0 Å². The van der Waals surface area contributed by atoms with Crippen molar-refractivity contribution in [1.29, 1.82) is 0 Å². The number of para-hydroxylation sites is 1. The van der Waals surface area contributed by atoms with Crippen LogP contribution < -0.4 is 5.32 Å². The molecule has 130 valence electrons. The maximum Gasteiger partial charge on any atom is 0.223 e. The average molecular weight is 329 g/mol. The molecule has 1 unspecified atom stereocenters. The average Bonchev–Trinajstić information content (AvgIpc) is 3.06. The zero-order chi connectivity index (χ0) is 16.9. The van der Waals surface area contributed by atoms with E-state index in [0.29, 0.717) is 6.42 Å². The van der Waals surface area contributed by atoms with Gasteiger partial charge < -0.3 is 14.6 Å². The van der Waals surface area contributed by atoms with Crippen LogP contribution in [0.4, 0.5) is 0 Å². The van der Waals surface area contributed by atoms with Crippen LogP contribution in [-0.2, 0) is 4.79 Å². The molecule has 0 spiro atoms. The normalized spacial score (nSPS) is 16.7. The van der Waals surface area contributed by atoms with Gasteiger partial charge in [0, 0.05) is 44.5 Å². The van der Waals surface area contributed by atoms with Crippen molar-refractivity contribution in [3.63, 3.8) is 0 Å². The van der Waals surface area contributed by atoms with Crippen molar-refractivity contribution >= 4 is 16.9 Å². The predicted octanol–water partition coefficient (Wildman–Crippen LogP) is 2.64. The van der Waals surface area contributed by atoms with Crippen molar-refractivity contribution in [3.8, 4) is 0 Å². The number of hydrogen-bond acceptors (Lipinski definition) is 4. The highest BCUT2D eigenvalue weighted by molar-refractivity contribution is 5.78. The number of carbonyl (C=O) groups is 1. The summed E-state index contributed by atoms with van der Waals surface area (Å²) in [5, 5.41) is 4.41. The summed E-state index contributed by atoms with van der Waals surface area (Å²) >= 11 is 0. The number of rotatable bonds is 6. The lowest BCUT2D eigenvalue weighted by atomic mass is 10.1. The van der Waals surface area contributed by atoms with E-state index in [-0.39, 0.29) is 11.9 Å². The molecular weight excluding hydrogens is 302 g/mol. The van der Waals surface area contributed by atoms with E-state index in [4.69, 9.17) is 4.42 Å². The Morgan fingerprint density at radius 3 is 2.79 bits per heavy atom. The molecule has 0 aliphatic carbocycles. The molecule has 1 amide bonds. The van der Waals surface area contributed by atoms with Gasteiger partial charge in [-0.05, 0) is 25.6 Å². The maximum atomic E-state index is 12.4. The van der Waals surface area contributed by atoms with E-state index >= 15 is 0 Å². The minimum absolute atomic E-state index is 0.165. The third-order valence-electron chi connectivity index (χ3n) is 4.89. The van der Waals surface area contributed by atoms with E-state index in [1.807, 2.05) is 23.1 Å². The molecule has 1 fully saturated rings. The lowest BCUT2D eigenvalue weighted by molar-refractivity contribution is -0.132. The molecule has 1 aromatic heterocycles. The second kappa shape index (κ2) is 7.81. The number of amides is 1. The Labute approximate surface area is 143 Å². The first kappa shape index (κ1) is 17.0. The number of nitrogens with zero attached hydrogens (tertiary/aromatic N) is 2. The van der Waals surface area contributed by atoms with Gasteiger partial charge in [0.2, 0.25) is 5.91 Å². The standard InChI is InChI=1S/C19H27N3O2/c1-3-21(11-8-19(23)22-12-9-20-10-13-22)15(2)18-14-16-6-4-5-7-17(16)24-18/h4-7,14-15,20H,3,8-13H2,1-2H3. The van der Waals surface area contributed by atoms with Gasteiger partial charge in [0.15, 0.2) is 0 Å². The van der Waals surface area contributed by atoms with Crippen molar-refractivity contribution < 1.29 is 9.21 Å². The van der Waals surface area contributed by atoms with E-state index in [2.05, 4.69) is 36.2 Å². The largest absolute Gasteiger partial charge is 0.459 e. The van der Waals surface area contributed by atoms with Crippen molar-refractivity contribution in [2.75, 3.05) is 39.3 Å². The van der Waals surface area contributed by atoms with Gasteiger partial charge in [-0.15, -0.1) is 0 Å². The summed E-state index contributed by atoms with van der Waals surface area (Å²) in [4.78, 5) is 16.6. The summed E-state index contributed by atoms with van der Waals surface area (Å²) in [5.41, 5.74) is 0.923. The SMILES string of the molecule is CCN(CCC(=O)N1CCNCC1)C(C)c1cc2ccccc2o1. The minimum Gasteiger partial charge on any atom is -0.459 e. The van der Waals surface area contributed by atoms with Crippen LogP contribution in [0.1, 0.15) is 32.1 Å². The van der Waals surface area contributed by atoms with Gasteiger partial charge in [-0.2, -0.15) is 0 Å². The van der Waals surface area contributed by atoms with Crippen LogP contribution in [0.25, 0.3) is 11.0 Å². The van der Waals surface area contributed by atoms with Crippen LogP contribution in [0.2, 0.25) is 0 Å². The summed E-state index contributed by atoms with van der Waals surface area (Å²) in [5.74, 6) is 1.22. The second-order valence-corrected chi connectivity index (χ2v) is 6.37. The first-order valence-electron chi connectivity index (χ1n) is 8.90. The second-order valence-electron chi connectivity index (χ2n) is 6.37. The van der Waals surface area contributed by atoms with Gasteiger partial charge in [0.05, 0.1) is 6.04 Å². The Hall–Kier alpha value is -1.85. The number of nitrogens with one attached hydrogen (secondary N) is 1. The van der Waals surface area contributed by atoms with Crippen molar-refractivity contribution in [3.05, 3.63) is 36.1 Å². The van der Waals surface area contributed by atoms with Crippen molar-refractivity contribution in [1.82, 2.24) is 15.1 Å². The zero-order valence-corrected chi connectivity index (χ0v) is 14.6. The highest BCUT2D eigenvalue weighted by Crippen LogP contribution is 2.27. The maximum absolute atomic E-state index is 12.4. The van der Waals surface area contributed by atoms with Crippen LogP contribution in [0.15, 0.2) is 34.7 Å². The van der Waals surface area contributed by atoms with Gasteiger partial charge in [-0.1, -0.05) is 25.1 Å². The van der Waals surface area contributed by atoms with E-state index in [0.717, 1.165) is 56.0 Å². The summed E-state index contributed by atoms with van der Waals surface area (Å²) in [7, 11) is 0.